The Bertz CT molecular complexity index is 151. The van der Waals surface area contributed by atoms with Gasteiger partial charge in [-0.2, -0.15) is 0 Å². The van der Waals surface area contributed by atoms with Crippen LogP contribution in [0, 0.1) is 5.92 Å². The number of carbonyl (C=O) groups is 1. The second kappa shape index (κ2) is 6.77. The molecule has 13 heavy (non-hydrogen) atoms. The van der Waals surface area contributed by atoms with Crippen LogP contribution in [0.4, 0.5) is 8.78 Å². The summed E-state index contributed by atoms with van der Waals surface area (Å²) in [5.74, 6) is -0.184. The van der Waals surface area contributed by atoms with Gasteiger partial charge < -0.3 is 10.1 Å². The van der Waals surface area contributed by atoms with Gasteiger partial charge in [-0.3, -0.25) is 4.79 Å². The Labute approximate surface area is 76.4 Å². The molecule has 0 rings (SSSR count). The zero-order valence-electron chi connectivity index (χ0n) is 7.85. The Balaban J connectivity index is 3.21. The van der Waals surface area contributed by atoms with Gasteiger partial charge in [-0.05, 0) is 0 Å². The van der Waals surface area contributed by atoms with E-state index in [4.69, 9.17) is 0 Å². The highest BCUT2D eigenvalue weighted by molar-refractivity contribution is 5.77. The van der Waals surface area contributed by atoms with E-state index in [1.165, 1.54) is 0 Å². The second-order valence-corrected chi connectivity index (χ2v) is 2.91. The third-order valence-electron chi connectivity index (χ3n) is 1.31. The molecule has 0 spiro atoms. The summed E-state index contributed by atoms with van der Waals surface area (Å²) in [4.78, 5) is 10.9. The molecule has 0 atom stereocenters. The molecule has 0 aromatic heterocycles. The second-order valence-electron chi connectivity index (χ2n) is 2.91. The van der Waals surface area contributed by atoms with E-state index in [1.807, 2.05) is 0 Å². The van der Waals surface area contributed by atoms with Crippen LogP contribution in [0.1, 0.15) is 13.8 Å². The molecule has 0 saturated heterocycles. The highest BCUT2D eigenvalue weighted by atomic mass is 19.3. The Morgan fingerprint density at radius 2 is 2.08 bits per heavy atom. The SMILES string of the molecule is CC(C)C(=O)NCCOCC(F)F. The maximum atomic E-state index is 11.5. The molecule has 0 aromatic carbocycles. The number of carbonyl (C=O) groups excluding carboxylic acids is 1. The molecule has 0 radical (unpaired) electrons. The Morgan fingerprint density at radius 1 is 1.46 bits per heavy atom. The first-order chi connectivity index (χ1) is 6.04. The van der Waals surface area contributed by atoms with Crippen molar-refractivity contribution in [2.45, 2.75) is 20.3 Å². The summed E-state index contributed by atoms with van der Waals surface area (Å²) in [5, 5.41) is 2.55. The highest BCUT2D eigenvalue weighted by Crippen LogP contribution is 1.92. The van der Waals surface area contributed by atoms with Crippen LogP contribution in [-0.4, -0.2) is 32.1 Å². The lowest BCUT2D eigenvalue weighted by atomic mass is 10.2. The molecule has 0 bridgehead atoms. The fourth-order valence-electron chi connectivity index (χ4n) is 0.623. The third kappa shape index (κ3) is 7.64. The van der Waals surface area contributed by atoms with E-state index in [2.05, 4.69) is 10.1 Å². The van der Waals surface area contributed by atoms with E-state index in [0.717, 1.165) is 0 Å². The van der Waals surface area contributed by atoms with Gasteiger partial charge in [0.1, 0.15) is 6.61 Å². The van der Waals surface area contributed by atoms with Crippen LogP contribution in [0.25, 0.3) is 0 Å². The largest absolute Gasteiger partial charge is 0.374 e. The van der Waals surface area contributed by atoms with E-state index >= 15 is 0 Å². The number of amides is 1. The predicted molar refractivity (Wildman–Crippen MR) is 44.7 cm³/mol. The number of hydrogen-bond donors (Lipinski definition) is 1. The highest BCUT2D eigenvalue weighted by Gasteiger charge is 2.05. The summed E-state index contributed by atoms with van der Waals surface area (Å²) >= 11 is 0. The fourth-order valence-corrected chi connectivity index (χ4v) is 0.623. The first-order valence-electron chi connectivity index (χ1n) is 4.17. The summed E-state index contributed by atoms with van der Waals surface area (Å²) in [6.07, 6.45) is -2.44. The molecule has 1 amide bonds. The molecule has 78 valence electrons. The van der Waals surface area contributed by atoms with Crippen LogP contribution in [0.2, 0.25) is 0 Å². The van der Waals surface area contributed by atoms with Crippen LogP contribution in [0.5, 0.6) is 0 Å². The predicted octanol–water partition coefficient (Wildman–Crippen LogP) is 1.04. The first kappa shape index (κ1) is 12.3. The van der Waals surface area contributed by atoms with Crippen molar-refractivity contribution >= 4 is 5.91 Å². The van der Waals surface area contributed by atoms with Crippen LogP contribution in [-0.2, 0) is 9.53 Å². The summed E-state index contributed by atoms with van der Waals surface area (Å²) in [6.45, 7) is 3.36. The standard InChI is InChI=1S/C8H15F2NO2/c1-6(2)8(12)11-3-4-13-5-7(9)10/h6-7H,3-5H2,1-2H3,(H,11,12). The van der Waals surface area contributed by atoms with Gasteiger partial charge in [0.25, 0.3) is 6.43 Å². The fraction of sp³-hybridized carbons (Fsp3) is 0.875. The van der Waals surface area contributed by atoms with Crippen LogP contribution >= 0.6 is 0 Å². The molecule has 0 unspecified atom stereocenters. The monoisotopic (exact) mass is 195 g/mol. The molecule has 0 aromatic rings. The Hall–Kier alpha value is -0.710. The number of ether oxygens (including phenoxy) is 1. The Morgan fingerprint density at radius 3 is 2.54 bits per heavy atom. The van der Waals surface area contributed by atoms with Crippen molar-refractivity contribution in [3.05, 3.63) is 0 Å². The van der Waals surface area contributed by atoms with Gasteiger partial charge in [-0.15, -0.1) is 0 Å². The van der Waals surface area contributed by atoms with Crippen LogP contribution in [0.15, 0.2) is 0 Å². The molecule has 3 nitrogen and oxygen atoms in total. The lowest BCUT2D eigenvalue weighted by Gasteiger charge is -2.07. The molecule has 0 aliphatic rings. The first-order valence-corrected chi connectivity index (χ1v) is 4.17. The van der Waals surface area contributed by atoms with Crippen molar-refractivity contribution in [3.63, 3.8) is 0 Å². The molecule has 0 saturated carbocycles. The van der Waals surface area contributed by atoms with E-state index < -0.39 is 13.0 Å². The lowest BCUT2D eigenvalue weighted by molar-refractivity contribution is -0.124. The topological polar surface area (TPSA) is 38.3 Å². The molecule has 0 heterocycles. The van der Waals surface area contributed by atoms with Crippen LogP contribution in [0.3, 0.4) is 0 Å². The van der Waals surface area contributed by atoms with Crippen molar-refractivity contribution in [3.8, 4) is 0 Å². The zero-order chi connectivity index (χ0) is 10.3. The molecule has 5 heteroatoms. The van der Waals surface area contributed by atoms with E-state index in [0.29, 0.717) is 0 Å². The van der Waals surface area contributed by atoms with Gasteiger partial charge >= 0.3 is 0 Å². The summed E-state index contributed by atoms with van der Waals surface area (Å²) < 4.78 is 27.6. The van der Waals surface area contributed by atoms with Crippen molar-refractivity contribution < 1.29 is 18.3 Å². The van der Waals surface area contributed by atoms with Gasteiger partial charge in [0.05, 0.1) is 6.61 Å². The average Bonchev–Trinajstić information content (AvgIpc) is 2.02. The number of rotatable bonds is 6. The van der Waals surface area contributed by atoms with E-state index in [9.17, 15) is 13.6 Å². The quantitative estimate of drug-likeness (QED) is 0.643. The minimum absolute atomic E-state index is 0.0879. The van der Waals surface area contributed by atoms with Gasteiger partial charge in [0.15, 0.2) is 0 Å². The normalized spacial score (nSPS) is 10.9. The maximum absolute atomic E-state index is 11.5. The van der Waals surface area contributed by atoms with Gasteiger partial charge in [-0.25, -0.2) is 8.78 Å². The van der Waals surface area contributed by atoms with E-state index in [1.54, 1.807) is 13.8 Å². The molecule has 1 N–H and O–H groups in total. The molecular formula is C8H15F2NO2. The number of alkyl halides is 2. The zero-order valence-corrected chi connectivity index (χ0v) is 7.85. The number of hydrogen-bond acceptors (Lipinski definition) is 2. The minimum Gasteiger partial charge on any atom is -0.374 e. The maximum Gasteiger partial charge on any atom is 0.261 e. The minimum atomic E-state index is -2.44. The van der Waals surface area contributed by atoms with Crippen molar-refractivity contribution in [2.75, 3.05) is 19.8 Å². The van der Waals surface area contributed by atoms with Gasteiger partial charge in [0.2, 0.25) is 5.91 Å². The molecule has 0 aliphatic carbocycles. The number of halogens is 2. The number of nitrogens with one attached hydrogen (secondary N) is 1. The molecule has 0 fully saturated rings. The van der Waals surface area contributed by atoms with Crippen molar-refractivity contribution in [2.24, 2.45) is 5.92 Å². The van der Waals surface area contributed by atoms with Gasteiger partial charge in [0, 0.05) is 12.5 Å². The van der Waals surface area contributed by atoms with Crippen molar-refractivity contribution in [1.82, 2.24) is 5.32 Å². The third-order valence-corrected chi connectivity index (χ3v) is 1.31. The summed E-state index contributed by atoms with van der Waals surface area (Å²) in [5.41, 5.74) is 0. The van der Waals surface area contributed by atoms with Crippen LogP contribution < -0.4 is 5.32 Å². The summed E-state index contributed by atoms with van der Waals surface area (Å²) in [7, 11) is 0. The summed E-state index contributed by atoms with van der Waals surface area (Å²) in [6, 6.07) is 0. The lowest BCUT2D eigenvalue weighted by Crippen LogP contribution is -2.31. The van der Waals surface area contributed by atoms with E-state index in [-0.39, 0.29) is 25.0 Å². The Kier molecular flexibility index (Phi) is 6.40. The smallest absolute Gasteiger partial charge is 0.261 e. The molecule has 0 aliphatic heterocycles. The van der Waals surface area contributed by atoms with Crippen molar-refractivity contribution in [1.29, 1.82) is 0 Å². The molecular weight excluding hydrogens is 180 g/mol. The average molecular weight is 195 g/mol. The van der Waals surface area contributed by atoms with Gasteiger partial charge in [-0.1, -0.05) is 13.8 Å².